The molecule has 1 aromatic rings. The summed E-state index contributed by atoms with van der Waals surface area (Å²) in [4.78, 5) is 4.98. The molecule has 1 fully saturated rings. The molecule has 0 amide bonds. The zero-order valence-electron chi connectivity index (χ0n) is 12.4. The van der Waals surface area contributed by atoms with Crippen molar-refractivity contribution in [3.05, 3.63) is 35.4 Å². The third kappa shape index (κ3) is 4.60. The Labute approximate surface area is 117 Å². The van der Waals surface area contributed by atoms with E-state index in [9.17, 15) is 0 Å². The first-order chi connectivity index (χ1) is 9.29. The molecule has 106 valence electrons. The molecule has 3 nitrogen and oxygen atoms in total. The van der Waals surface area contributed by atoms with Gasteiger partial charge in [-0.15, -0.1) is 0 Å². The Morgan fingerprint density at radius 1 is 1.05 bits per heavy atom. The van der Waals surface area contributed by atoms with Crippen LogP contribution in [-0.4, -0.2) is 49.6 Å². The van der Waals surface area contributed by atoms with E-state index in [1.165, 1.54) is 43.7 Å². The summed E-state index contributed by atoms with van der Waals surface area (Å²) in [5.41, 5.74) is 2.94. The van der Waals surface area contributed by atoms with E-state index >= 15 is 0 Å². The van der Waals surface area contributed by atoms with Gasteiger partial charge in [0.05, 0.1) is 0 Å². The lowest BCUT2D eigenvalue weighted by molar-refractivity contribution is 0.148. The minimum Gasteiger partial charge on any atom is -0.313 e. The summed E-state index contributed by atoms with van der Waals surface area (Å²) in [6, 6.07) is 8.85. The van der Waals surface area contributed by atoms with Gasteiger partial charge in [-0.2, -0.15) is 0 Å². The van der Waals surface area contributed by atoms with Crippen LogP contribution in [0, 0.1) is 0 Å². The molecule has 1 N–H and O–H groups in total. The molecule has 0 atom stereocenters. The van der Waals surface area contributed by atoms with Gasteiger partial charge in [0.15, 0.2) is 0 Å². The number of rotatable bonds is 6. The molecule has 2 rings (SSSR count). The first-order valence-electron chi connectivity index (χ1n) is 7.48. The Kier molecular flexibility index (Phi) is 5.83. The van der Waals surface area contributed by atoms with E-state index in [1.54, 1.807) is 0 Å². The molecule has 3 heteroatoms. The zero-order valence-corrected chi connectivity index (χ0v) is 12.4. The second-order valence-electron chi connectivity index (χ2n) is 5.52. The fourth-order valence-corrected chi connectivity index (χ4v) is 2.53. The number of hydrogen-bond donors (Lipinski definition) is 1. The van der Waals surface area contributed by atoms with Gasteiger partial charge in [-0.25, -0.2) is 0 Å². The highest BCUT2D eigenvalue weighted by atomic mass is 15.2. The van der Waals surface area contributed by atoms with Crippen LogP contribution in [0.1, 0.15) is 24.5 Å². The number of nitrogens with zero attached hydrogens (tertiary/aromatic N) is 2. The quantitative estimate of drug-likeness (QED) is 0.790. The molecule has 0 saturated carbocycles. The fraction of sp³-hybridized carbons (Fsp3) is 0.625. The second-order valence-corrected chi connectivity index (χ2v) is 5.52. The Morgan fingerprint density at radius 2 is 1.74 bits per heavy atom. The average Bonchev–Trinajstić information content (AvgIpc) is 2.43. The summed E-state index contributed by atoms with van der Waals surface area (Å²) in [5, 5.41) is 3.51. The molecule has 0 aliphatic carbocycles. The molecule has 1 heterocycles. The Hall–Kier alpha value is -0.900. The molecule has 1 aromatic carbocycles. The Bertz CT molecular complexity index is 370. The van der Waals surface area contributed by atoms with Crippen LogP contribution < -0.4 is 5.32 Å². The van der Waals surface area contributed by atoms with Crippen molar-refractivity contribution in [2.24, 2.45) is 0 Å². The smallest absolute Gasteiger partial charge is 0.0238 e. The van der Waals surface area contributed by atoms with Crippen LogP contribution in [0.3, 0.4) is 0 Å². The monoisotopic (exact) mass is 261 g/mol. The van der Waals surface area contributed by atoms with Crippen molar-refractivity contribution in [3.63, 3.8) is 0 Å². The summed E-state index contributed by atoms with van der Waals surface area (Å²) in [6.45, 7) is 10.2. The molecule has 0 radical (unpaired) electrons. The predicted molar refractivity (Wildman–Crippen MR) is 81.2 cm³/mol. The standard InChI is InChI=1S/C16H27N3/c1-3-8-17-13-15-6-4-5-7-16(15)14-19-11-9-18(2)10-12-19/h4-7,17H,3,8-14H2,1-2H3. The van der Waals surface area contributed by atoms with Gasteiger partial charge < -0.3 is 10.2 Å². The van der Waals surface area contributed by atoms with Crippen LogP contribution >= 0.6 is 0 Å². The summed E-state index contributed by atoms with van der Waals surface area (Å²) >= 11 is 0. The van der Waals surface area contributed by atoms with Gasteiger partial charge in [0.25, 0.3) is 0 Å². The average molecular weight is 261 g/mol. The zero-order chi connectivity index (χ0) is 13.5. The molecular formula is C16H27N3. The maximum atomic E-state index is 3.51. The van der Waals surface area contributed by atoms with Crippen LogP contribution in [0.15, 0.2) is 24.3 Å². The highest BCUT2D eigenvalue weighted by molar-refractivity contribution is 5.27. The van der Waals surface area contributed by atoms with E-state index in [-0.39, 0.29) is 0 Å². The first kappa shape index (κ1) is 14.5. The number of hydrogen-bond acceptors (Lipinski definition) is 3. The molecule has 0 aromatic heterocycles. The van der Waals surface area contributed by atoms with E-state index in [4.69, 9.17) is 0 Å². The number of benzene rings is 1. The number of likely N-dealkylation sites (N-methyl/N-ethyl adjacent to an activating group) is 1. The van der Waals surface area contributed by atoms with E-state index in [0.29, 0.717) is 0 Å². The minimum absolute atomic E-state index is 0.998. The summed E-state index contributed by atoms with van der Waals surface area (Å²) in [5.74, 6) is 0. The highest BCUT2D eigenvalue weighted by Crippen LogP contribution is 2.13. The first-order valence-corrected chi connectivity index (χ1v) is 7.48. The maximum absolute atomic E-state index is 3.51. The topological polar surface area (TPSA) is 18.5 Å². The molecule has 19 heavy (non-hydrogen) atoms. The molecule has 1 aliphatic rings. The van der Waals surface area contributed by atoms with Gasteiger partial charge in [-0.3, -0.25) is 4.90 Å². The van der Waals surface area contributed by atoms with E-state index in [0.717, 1.165) is 19.6 Å². The Morgan fingerprint density at radius 3 is 2.42 bits per heavy atom. The molecular weight excluding hydrogens is 234 g/mol. The van der Waals surface area contributed by atoms with Crippen molar-refractivity contribution in [3.8, 4) is 0 Å². The predicted octanol–water partition coefficient (Wildman–Crippen LogP) is 1.93. The van der Waals surface area contributed by atoms with Crippen molar-refractivity contribution >= 4 is 0 Å². The van der Waals surface area contributed by atoms with Gasteiger partial charge in [0.2, 0.25) is 0 Å². The van der Waals surface area contributed by atoms with Gasteiger partial charge in [-0.1, -0.05) is 31.2 Å². The fourth-order valence-electron chi connectivity index (χ4n) is 2.53. The highest BCUT2D eigenvalue weighted by Gasteiger charge is 2.14. The molecule has 0 unspecified atom stereocenters. The third-order valence-corrected chi connectivity index (χ3v) is 3.85. The normalized spacial score (nSPS) is 17.8. The lowest BCUT2D eigenvalue weighted by Gasteiger charge is -2.32. The van der Waals surface area contributed by atoms with Crippen molar-refractivity contribution < 1.29 is 0 Å². The largest absolute Gasteiger partial charge is 0.313 e. The van der Waals surface area contributed by atoms with Crippen LogP contribution in [0.4, 0.5) is 0 Å². The number of nitrogens with one attached hydrogen (secondary N) is 1. The van der Waals surface area contributed by atoms with E-state index < -0.39 is 0 Å². The molecule has 0 spiro atoms. The van der Waals surface area contributed by atoms with Gasteiger partial charge >= 0.3 is 0 Å². The maximum Gasteiger partial charge on any atom is 0.0238 e. The minimum atomic E-state index is 0.998. The van der Waals surface area contributed by atoms with Gasteiger partial charge in [-0.05, 0) is 31.1 Å². The molecule has 1 saturated heterocycles. The van der Waals surface area contributed by atoms with Crippen molar-refractivity contribution in [2.45, 2.75) is 26.4 Å². The van der Waals surface area contributed by atoms with Crippen LogP contribution in [0.25, 0.3) is 0 Å². The lowest BCUT2D eigenvalue weighted by atomic mass is 10.1. The van der Waals surface area contributed by atoms with Crippen molar-refractivity contribution in [1.29, 1.82) is 0 Å². The van der Waals surface area contributed by atoms with E-state index in [1.807, 2.05) is 0 Å². The molecule has 1 aliphatic heterocycles. The van der Waals surface area contributed by atoms with Crippen molar-refractivity contribution in [1.82, 2.24) is 15.1 Å². The molecule has 0 bridgehead atoms. The van der Waals surface area contributed by atoms with E-state index in [2.05, 4.69) is 53.4 Å². The van der Waals surface area contributed by atoms with Crippen LogP contribution in [0.2, 0.25) is 0 Å². The summed E-state index contributed by atoms with van der Waals surface area (Å²) in [6.07, 6.45) is 1.20. The SMILES string of the molecule is CCCNCc1ccccc1CN1CCN(C)CC1. The summed E-state index contributed by atoms with van der Waals surface area (Å²) < 4.78 is 0. The van der Waals surface area contributed by atoms with Gasteiger partial charge in [0.1, 0.15) is 0 Å². The van der Waals surface area contributed by atoms with Crippen LogP contribution in [0.5, 0.6) is 0 Å². The Balaban J connectivity index is 1.91. The van der Waals surface area contributed by atoms with Crippen LogP contribution in [-0.2, 0) is 13.1 Å². The van der Waals surface area contributed by atoms with Crippen molar-refractivity contribution in [2.75, 3.05) is 39.8 Å². The lowest BCUT2D eigenvalue weighted by Crippen LogP contribution is -2.44. The third-order valence-electron chi connectivity index (χ3n) is 3.85. The number of piperazine rings is 1. The van der Waals surface area contributed by atoms with Gasteiger partial charge in [0, 0.05) is 39.3 Å². The summed E-state index contributed by atoms with van der Waals surface area (Å²) in [7, 11) is 2.21. The second kappa shape index (κ2) is 7.63.